The number of thioether (sulfide) groups is 2. The first kappa shape index (κ1) is 41.1. The summed E-state index contributed by atoms with van der Waals surface area (Å²) in [5.74, 6) is 1.06. The molecule has 6 nitrogen and oxygen atoms in total. The van der Waals surface area contributed by atoms with E-state index in [-0.39, 0.29) is 32.5 Å². The van der Waals surface area contributed by atoms with Gasteiger partial charge in [-0.05, 0) is 87.3 Å². The van der Waals surface area contributed by atoms with E-state index in [0.29, 0.717) is 6.42 Å². The Morgan fingerprint density at radius 1 is 0.933 bits per heavy atom. The zero-order valence-electron chi connectivity index (χ0n) is 30.9. The Labute approximate surface area is 287 Å². The molecule has 0 unspecified atom stereocenters. The smallest absolute Gasteiger partial charge is 0.330 e. The van der Waals surface area contributed by atoms with E-state index in [1.54, 1.807) is 0 Å². The Hall–Kier alpha value is -0.0762. The van der Waals surface area contributed by atoms with Crippen molar-refractivity contribution in [2.24, 2.45) is 0 Å². The molecular formula is C35H66O6S2Si2. The van der Waals surface area contributed by atoms with Crippen LogP contribution in [0.4, 0.5) is 0 Å². The molecule has 0 bridgehead atoms. The fourth-order valence-corrected chi connectivity index (χ4v) is 11.6. The van der Waals surface area contributed by atoms with E-state index in [4.69, 9.17) is 23.1 Å². The summed E-state index contributed by atoms with van der Waals surface area (Å²) in [7, 11) is -4.31. The zero-order valence-corrected chi connectivity index (χ0v) is 34.5. The van der Waals surface area contributed by atoms with Crippen molar-refractivity contribution >= 4 is 46.1 Å². The first-order valence-corrected chi connectivity index (χ1v) is 24.7. The van der Waals surface area contributed by atoms with Crippen LogP contribution in [0, 0.1) is 0 Å². The van der Waals surface area contributed by atoms with E-state index in [1.165, 1.54) is 6.08 Å². The maximum atomic E-state index is 12.8. The molecule has 0 aromatic rings. The summed E-state index contributed by atoms with van der Waals surface area (Å²) >= 11 is 3.98. The van der Waals surface area contributed by atoms with Crippen LogP contribution < -0.4 is 0 Å². The van der Waals surface area contributed by atoms with Crippen molar-refractivity contribution < 1.29 is 27.9 Å². The van der Waals surface area contributed by atoms with Gasteiger partial charge in [0.15, 0.2) is 22.4 Å². The lowest BCUT2D eigenvalue weighted by Crippen LogP contribution is -2.51. The first-order chi connectivity index (χ1) is 20.5. The monoisotopic (exact) mass is 702 g/mol. The highest BCUT2D eigenvalue weighted by molar-refractivity contribution is 8.18. The van der Waals surface area contributed by atoms with Crippen molar-refractivity contribution in [3.05, 3.63) is 25.3 Å². The topological polar surface area (TPSA) is 63.2 Å². The molecule has 2 rings (SSSR count). The largest absolute Gasteiger partial charge is 0.456 e. The molecule has 0 aromatic heterocycles. The van der Waals surface area contributed by atoms with E-state index >= 15 is 0 Å². The molecule has 45 heavy (non-hydrogen) atoms. The van der Waals surface area contributed by atoms with Crippen LogP contribution in [0.15, 0.2) is 25.3 Å². The molecule has 0 aliphatic carbocycles. The van der Waals surface area contributed by atoms with E-state index in [0.717, 1.165) is 43.6 Å². The minimum absolute atomic E-state index is 0.00319. The minimum Gasteiger partial charge on any atom is -0.456 e. The van der Waals surface area contributed by atoms with Crippen LogP contribution in [-0.4, -0.2) is 74.5 Å². The normalized spacial score (nSPS) is 24.7. The number of carbonyl (C=O) groups is 1. The highest BCUT2D eigenvalue weighted by atomic mass is 32.2. The summed E-state index contributed by atoms with van der Waals surface area (Å²) in [4.78, 5) is 12.8. The van der Waals surface area contributed by atoms with Crippen LogP contribution in [0.1, 0.15) is 101 Å². The van der Waals surface area contributed by atoms with Gasteiger partial charge in [-0.25, -0.2) is 4.79 Å². The Bertz CT molecular complexity index is 982. The third-order valence-corrected chi connectivity index (χ3v) is 22.4. The minimum atomic E-state index is -2.19. The van der Waals surface area contributed by atoms with Gasteiger partial charge in [-0.3, -0.25) is 0 Å². The fourth-order valence-electron chi connectivity index (χ4n) is 5.48. The Balaban J connectivity index is 2.51. The molecule has 2 saturated heterocycles. The molecule has 0 amide bonds. The second-order valence-corrected chi connectivity index (χ2v) is 29.1. The summed E-state index contributed by atoms with van der Waals surface area (Å²) in [6, 6.07) is 0. The van der Waals surface area contributed by atoms with Crippen LogP contribution >= 0.6 is 23.5 Å². The van der Waals surface area contributed by atoms with Crippen LogP contribution in [0.25, 0.3) is 0 Å². The lowest BCUT2D eigenvalue weighted by atomic mass is 9.97. The molecule has 2 aliphatic rings. The molecule has 0 saturated carbocycles. The number of hydrogen-bond acceptors (Lipinski definition) is 8. The van der Waals surface area contributed by atoms with Gasteiger partial charge in [-0.2, -0.15) is 0 Å². The van der Waals surface area contributed by atoms with E-state index in [9.17, 15) is 4.79 Å². The molecule has 262 valence electrons. The van der Waals surface area contributed by atoms with Crippen LogP contribution in [0.2, 0.25) is 36.3 Å². The summed E-state index contributed by atoms with van der Waals surface area (Å²) in [6.07, 6.45) is 7.64. The zero-order chi connectivity index (χ0) is 34.5. The lowest BCUT2D eigenvalue weighted by Gasteiger charge is -2.47. The molecule has 2 fully saturated rings. The highest BCUT2D eigenvalue weighted by Crippen LogP contribution is 2.52. The Morgan fingerprint density at radius 3 is 1.96 bits per heavy atom. The van der Waals surface area contributed by atoms with Gasteiger partial charge in [0.05, 0.1) is 16.3 Å². The van der Waals surface area contributed by atoms with E-state index < -0.39 is 40.6 Å². The Kier molecular flexibility index (Phi) is 14.7. The van der Waals surface area contributed by atoms with Crippen LogP contribution in [0.3, 0.4) is 0 Å². The second-order valence-electron chi connectivity index (χ2n) is 16.4. The number of rotatable bonds is 15. The second kappa shape index (κ2) is 16.1. The average Bonchev–Trinajstić information content (AvgIpc) is 2.89. The van der Waals surface area contributed by atoms with E-state index in [2.05, 4.69) is 87.8 Å². The van der Waals surface area contributed by atoms with Gasteiger partial charge in [0.1, 0.15) is 12.2 Å². The van der Waals surface area contributed by atoms with Gasteiger partial charge in [0.2, 0.25) is 0 Å². The van der Waals surface area contributed by atoms with Crippen LogP contribution in [0.5, 0.6) is 0 Å². The molecule has 5 atom stereocenters. The first-order valence-electron chi connectivity index (χ1n) is 16.9. The van der Waals surface area contributed by atoms with Gasteiger partial charge in [-0.1, -0.05) is 61.1 Å². The number of hydrogen-bond donors (Lipinski definition) is 0. The van der Waals surface area contributed by atoms with Crippen molar-refractivity contribution in [1.82, 2.24) is 0 Å². The van der Waals surface area contributed by atoms with Gasteiger partial charge in [-0.15, -0.1) is 30.1 Å². The van der Waals surface area contributed by atoms with Crippen molar-refractivity contribution in [2.45, 2.75) is 177 Å². The summed E-state index contributed by atoms with van der Waals surface area (Å²) < 4.78 is 32.9. The van der Waals surface area contributed by atoms with Gasteiger partial charge in [0.25, 0.3) is 0 Å². The van der Waals surface area contributed by atoms with Crippen LogP contribution in [-0.2, 0) is 27.9 Å². The van der Waals surface area contributed by atoms with Crippen molar-refractivity contribution in [1.29, 1.82) is 0 Å². The number of ether oxygens (including phenoxy) is 3. The number of carbonyl (C=O) groups excluding carboxylic acids is 1. The molecule has 0 spiro atoms. The maximum absolute atomic E-state index is 12.8. The summed E-state index contributed by atoms with van der Waals surface area (Å²) in [5.41, 5.74) is 0. The van der Waals surface area contributed by atoms with Gasteiger partial charge in [0, 0.05) is 25.0 Å². The molecule has 2 heterocycles. The van der Waals surface area contributed by atoms with E-state index in [1.807, 2.05) is 43.4 Å². The SMILES string of the molecule is C=CC(=O)O[C@H](CC1(C[C@@H](C[C@H]2C[C@@H](CC)OC(C)(C)O2)O[Si](C)(C)C(C)(C)C)SCCCS1)[C@@H](C=C)O[Si](C)(C)C(C)(C)C. The maximum Gasteiger partial charge on any atom is 0.330 e. The quantitative estimate of drug-likeness (QED) is 0.0723. The van der Waals surface area contributed by atoms with Crippen molar-refractivity contribution in [3.63, 3.8) is 0 Å². The van der Waals surface area contributed by atoms with Gasteiger partial charge >= 0.3 is 5.97 Å². The summed E-state index contributed by atoms with van der Waals surface area (Å²) in [6.45, 7) is 36.8. The fraction of sp³-hybridized carbons (Fsp3) is 0.857. The van der Waals surface area contributed by atoms with Crippen molar-refractivity contribution in [3.8, 4) is 0 Å². The molecule has 10 heteroatoms. The molecule has 0 radical (unpaired) electrons. The Morgan fingerprint density at radius 2 is 1.47 bits per heavy atom. The third kappa shape index (κ3) is 12.1. The number of esters is 1. The molecular weight excluding hydrogens is 637 g/mol. The molecule has 2 aliphatic heterocycles. The lowest BCUT2D eigenvalue weighted by molar-refractivity contribution is -0.302. The van der Waals surface area contributed by atoms with Gasteiger partial charge < -0.3 is 23.1 Å². The third-order valence-electron chi connectivity index (χ3n) is 10.0. The molecule has 0 aromatic carbocycles. The molecule has 0 N–H and O–H groups in total. The summed E-state index contributed by atoms with van der Waals surface area (Å²) in [5, 5.41) is 0.0726. The average molecular weight is 703 g/mol. The highest BCUT2D eigenvalue weighted by Gasteiger charge is 2.48. The predicted molar refractivity (Wildman–Crippen MR) is 199 cm³/mol. The predicted octanol–water partition coefficient (Wildman–Crippen LogP) is 10.1. The standard InChI is InChI=1S/C35H66O6S2Si2/c1-16-26-22-27(39-34(10,11)38-26)23-28(40-44(12,13)32(4,5)6)24-35(42-20-19-21-43-35)25-30(37-31(36)18-3)29(17-2)41-45(14,15)33(7,8)9/h17-18,26-30H,2-3,16,19-25H2,1,4-15H3/t26-,27-,28-,29-,30-/m1/s1. The van der Waals surface area contributed by atoms with Crippen molar-refractivity contribution in [2.75, 3.05) is 11.5 Å².